The first kappa shape index (κ1) is 20.9. The molecule has 0 spiro atoms. The SMILES string of the molecule is Cn1cc(/C=C/C(=O)Nc2ccc(Cl)c(S(=O)(=O)Nc3ccccc3Cl)c2)cn1. The Labute approximate surface area is 178 Å². The van der Waals surface area contributed by atoms with Crippen molar-refractivity contribution in [1.82, 2.24) is 9.78 Å². The number of aromatic nitrogens is 2. The average molecular weight is 451 g/mol. The summed E-state index contributed by atoms with van der Waals surface area (Å²) >= 11 is 12.1. The van der Waals surface area contributed by atoms with Gasteiger partial charge in [-0.3, -0.25) is 14.2 Å². The van der Waals surface area contributed by atoms with Crippen molar-refractivity contribution in [2.24, 2.45) is 7.05 Å². The molecule has 0 unspecified atom stereocenters. The van der Waals surface area contributed by atoms with Crippen LogP contribution in [0, 0.1) is 0 Å². The number of halogens is 2. The van der Waals surface area contributed by atoms with Gasteiger partial charge in [-0.1, -0.05) is 35.3 Å². The Bertz CT molecular complexity index is 1190. The smallest absolute Gasteiger partial charge is 0.263 e. The van der Waals surface area contributed by atoms with Crippen LogP contribution in [0.1, 0.15) is 5.56 Å². The van der Waals surface area contributed by atoms with Gasteiger partial charge in [0.25, 0.3) is 10.0 Å². The standard InChI is InChI=1S/C19H16Cl2N4O3S/c1-25-12-13(11-22-25)6-9-19(26)23-14-7-8-16(21)18(10-14)29(27,28)24-17-5-3-2-4-15(17)20/h2-12,24H,1H3,(H,23,26)/b9-6+. The molecule has 10 heteroatoms. The number of rotatable bonds is 6. The Hall–Kier alpha value is -2.81. The molecule has 0 fully saturated rings. The summed E-state index contributed by atoms with van der Waals surface area (Å²) < 4.78 is 29.5. The van der Waals surface area contributed by atoms with Gasteiger partial charge in [0.1, 0.15) is 4.90 Å². The number of carbonyl (C=O) groups excluding carboxylic acids is 1. The number of hydrogen-bond donors (Lipinski definition) is 2. The normalized spacial score (nSPS) is 11.6. The van der Waals surface area contributed by atoms with Crippen LogP contribution in [0.5, 0.6) is 0 Å². The molecule has 7 nitrogen and oxygen atoms in total. The Kier molecular flexibility index (Phi) is 6.26. The van der Waals surface area contributed by atoms with E-state index in [-0.39, 0.29) is 26.3 Å². The molecule has 2 N–H and O–H groups in total. The molecule has 0 saturated carbocycles. The summed E-state index contributed by atoms with van der Waals surface area (Å²) in [5.74, 6) is -0.432. The summed E-state index contributed by atoms with van der Waals surface area (Å²) in [4.78, 5) is 11.9. The summed E-state index contributed by atoms with van der Waals surface area (Å²) in [6.07, 6.45) is 6.27. The van der Waals surface area contributed by atoms with E-state index >= 15 is 0 Å². The molecule has 0 atom stereocenters. The lowest BCUT2D eigenvalue weighted by Crippen LogP contribution is -2.15. The number of nitrogens with zero attached hydrogens (tertiary/aromatic N) is 2. The zero-order valence-electron chi connectivity index (χ0n) is 15.1. The Balaban J connectivity index is 1.79. The number of aryl methyl sites for hydroxylation is 1. The van der Waals surface area contributed by atoms with Crippen molar-refractivity contribution in [1.29, 1.82) is 0 Å². The van der Waals surface area contributed by atoms with Crippen molar-refractivity contribution in [3.8, 4) is 0 Å². The number of nitrogens with one attached hydrogen (secondary N) is 2. The van der Waals surface area contributed by atoms with Crippen LogP contribution in [0.4, 0.5) is 11.4 Å². The van der Waals surface area contributed by atoms with E-state index in [1.165, 1.54) is 30.3 Å². The van der Waals surface area contributed by atoms with Gasteiger partial charge in [-0.05, 0) is 36.4 Å². The van der Waals surface area contributed by atoms with Crippen LogP contribution in [0.15, 0.2) is 65.8 Å². The van der Waals surface area contributed by atoms with E-state index in [9.17, 15) is 13.2 Å². The van der Waals surface area contributed by atoms with Crippen LogP contribution in [0.2, 0.25) is 10.0 Å². The zero-order valence-corrected chi connectivity index (χ0v) is 17.5. The maximum atomic E-state index is 12.7. The van der Waals surface area contributed by atoms with Crippen LogP contribution in [0.3, 0.4) is 0 Å². The molecule has 3 rings (SSSR count). The van der Waals surface area contributed by atoms with E-state index in [4.69, 9.17) is 23.2 Å². The predicted molar refractivity (Wildman–Crippen MR) is 115 cm³/mol. The van der Waals surface area contributed by atoms with Crippen molar-refractivity contribution < 1.29 is 13.2 Å². The summed E-state index contributed by atoms with van der Waals surface area (Å²) in [7, 11) is -2.26. The van der Waals surface area contributed by atoms with Gasteiger partial charge in [-0.2, -0.15) is 5.10 Å². The molecule has 2 aromatic carbocycles. The number of hydrogen-bond acceptors (Lipinski definition) is 4. The minimum Gasteiger partial charge on any atom is -0.322 e. The van der Waals surface area contributed by atoms with Gasteiger partial charge in [-0.15, -0.1) is 0 Å². The molecule has 150 valence electrons. The predicted octanol–water partition coefficient (Wildman–Crippen LogP) is 4.18. The molecule has 0 saturated heterocycles. The molecule has 1 amide bonds. The third kappa shape index (κ3) is 5.38. The van der Waals surface area contributed by atoms with Gasteiger partial charge in [0.15, 0.2) is 0 Å². The topological polar surface area (TPSA) is 93.1 Å². The number of amides is 1. The van der Waals surface area contributed by atoms with Crippen LogP contribution in [-0.2, 0) is 21.9 Å². The first-order valence-corrected chi connectivity index (χ1v) is 10.5. The monoisotopic (exact) mass is 450 g/mol. The molecule has 0 bridgehead atoms. The molecule has 1 aromatic heterocycles. The number of para-hydroxylation sites is 1. The fourth-order valence-electron chi connectivity index (χ4n) is 2.41. The Morgan fingerprint density at radius 2 is 1.90 bits per heavy atom. The van der Waals surface area contributed by atoms with Crippen LogP contribution in [0.25, 0.3) is 6.08 Å². The summed E-state index contributed by atoms with van der Waals surface area (Å²) in [6, 6.07) is 10.6. The Morgan fingerprint density at radius 3 is 2.59 bits per heavy atom. The lowest BCUT2D eigenvalue weighted by Gasteiger charge is -2.12. The van der Waals surface area contributed by atoms with Crippen LogP contribution < -0.4 is 10.0 Å². The number of anilines is 2. The highest BCUT2D eigenvalue weighted by molar-refractivity contribution is 7.92. The minimum absolute atomic E-state index is 0.00783. The highest BCUT2D eigenvalue weighted by atomic mass is 35.5. The summed E-state index contributed by atoms with van der Waals surface area (Å²) in [5.41, 5.74) is 1.25. The quantitative estimate of drug-likeness (QED) is 0.550. The lowest BCUT2D eigenvalue weighted by atomic mass is 10.3. The van der Waals surface area contributed by atoms with Gasteiger partial charge in [0, 0.05) is 30.6 Å². The number of carbonyl (C=O) groups is 1. The highest BCUT2D eigenvalue weighted by Gasteiger charge is 2.20. The Morgan fingerprint density at radius 1 is 1.14 bits per heavy atom. The minimum atomic E-state index is -4.02. The lowest BCUT2D eigenvalue weighted by molar-refractivity contribution is -0.111. The van der Waals surface area contributed by atoms with Gasteiger partial charge >= 0.3 is 0 Å². The molecule has 1 heterocycles. The van der Waals surface area contributed by atoms with Crippen LogP contribution >= 0.6 is 23.2 Å². The maximum Gasteiger partial charge on any atom is 0.263 e. The van der Waals surface area contributed by atoms with E-state index in [1.54, 1.807) is 48.4 Å². The summed E-state index contributed by atoms with van der Waals surface area (Å²) in [5, 5.41) is 6.86. The molecule has 0 aliphatic carbocycles. The fraction of sp³-hybridized carbons (Fsp3) is 0.0526. The molecule has 0 aliphatic heterocycles. The van der Waals surface area contributed by atoms with E-state index in [1.807, 2.05) is 0 Å². The van der Waals surface area contributed by atoms with E-state index < -0.39 is 15.9 Å². The summed E-state index contributed by atoms with van der Waals surface area (Å²) in [6.45, 7) is 0. The van der Waals surface area contributed by atoms with Gasteiger partial charge < -0.3 is 5.32 Å². The first-order chi connectivity index (χ1) is 13.7. The second-order valence-corrected chi connectivity index (χ2v) is 8.47. The van der Waals surface area contributed by atoms with Gasteiger partial charge in [0.05, 0.1) is 21.9 Å². The van der Waals surface area contributed by atoms with Crippen molar-refractivity contribution in [3.05, 3.63) is 76.5 Å². The second-order valence-electron chi connectivity index (χ2n) is 6.00. The van der Waals surface area contributed by atoms with Gasteiger partial charge in [0.2, 0.25) is 5.91 Å². The zero-order chi connectivity index (χ0) is 21.0. The van der Waals surface area contributed by atoms with Gasteiger partial charge in [-0.25, -0.2) is 8.42 Å². The first-order valence-electron chi connectivity index (χ1n) is 8.29. The molecular formula is C19H16Cl2N4O3S. The molecular weight excluding hydrogens is 435 g/mol. The fourth-order valence-corrected chi connectivity index (χ4v) is 4.26. The number of sulfonamides is 1. The highest BCUT2D eigenvalue weighted by Crippen LogP contribution is 2.29. The molecule has 29 heavy (non-hydrogen) atoms. The van der Waals surface area contributed by atoms with Crippen molar-refractivity contribution in [2.45, 2.75) is 4.90 Å². The third-order valence-corrected chi connectivity index (χ3v) is 5.94. The average Bonchev–Trinajstić information content (AvgIpc) is 3.08. The van der Waals surface area contributed by atoms with Crippen LogP contribution in [-0.4, -0.2) is 24.1 Å². The maximum absolute atomic E-state index is 12.7. The van der Waals surface area contributed by atoms with Crippen molar-refractivity contribution >= 4 is 56.6 Å². The second kappa shape index (κ2) is 8.69. The number of benzene rings is 2. The molecule has 0 radical (unpaired) electrons. The van der Waals surface area contributed by atoms with Crippen molar-refractivity contribution in [3.63, 3.8) is 0 Å². The van der Waals surface area contributed by atoms with E-state index in [2.05, 4.69) is 15.1 Å². The molecule has 3 aromatic rings. The largest absolute Gasteiger partial charge is 0.322 e. The van der Waals surface area contributed by atoms with Crippen molar-refractivity contribution in [2.75, 3.05) is 10.0 Å². The third-order valence-electron chi connectivity index (χ3n) is 3.76. The van der Waals surface area contributed by atoms with E-state index in [0.717, 1.165) is 5.56 Å². The molecule has 0 aliphatic rings. The van der Waals surface area contributed by atoms with E-state index in [0.29, 0.717) is 0 Å².